The minimum absolute atomic E-state index is 0.133. The van der Waals surface area contributed by atoms with Gasteiger partial charge in [0.05, 0.1) is 17.6 Å². The lowest BCUT2D eigenvalue weighted by atomic mass is 10.3. The van der Waals surface area contributed by atoms with Crippen molar-refractivity contribution in [2.24, 2.45) is 0 Å². The van der Waals surface area contributed by atoms with Crippen LogP contribution >= 0.6 is 23.5 Å². The third-order valence-corrected chi connectivity index (χ3v) is 5.79. The van der Waals surface area contributed by atoms with Crippen LogP contribution in [0.4, 0.5) is 21.0 Å². The molecule has 0 aliphatic carbocycles. The molecule has 2 aliphatic rings. The summed E-state index contributed by atoms with van der Waals surface area (Å²) < 4.78 is 0. The molecule has 2 saturated heterocycles. The van der Waals surface area contributed by atoms with Gasteiger partial charge >= 0.3 is 12.1 Å². The number of nitrogens with one attached hydrogen (secondary N) is 2. The molecule has 130 valence electrons. The molecule has 7 nitrogen and oxygen atoms in total. The van der Waals surface area contributed by atoms with Crippen LogP contribution in [0.15, 0.2) is 18.5 Å². The van der Waals surface area contributed by atoms with Crippen LogP contribution in [0.1, 0.15) is 0 Å². The molecule has 0 bridgehead atoms. The van der Waals surface area contributed by atoms with Gasteiger partial charge in [0.1, 0.15) is 0 Å². The molecular formula is C15H21N5O2S2. The molecular weight excluding hydrogens is 346 g/mol. The Kier molecular flexibility index (Phi) is 6.08. The summed E-state index contributed by atoms with van der Waals surface area (Å²) in [5, 5.41) is 5.76. The number of aromatic nitrogens is 1. The highest BCUT2D eigenvalue weighted by Crippen LogP contribution is 2.22. The lowest BCUT2D eigenvalue weighted by molar-refractivity contribution is 0.215. The number of carbonyl (C=O) groups is 2. The Bertz CT molecular complexity index is 538. The molecule has 2 aliphatic heterocycles. The molecule has 1 aromatic rings. The van der Waals surface area contributed by atoms with E-state index in [-0.39, 0.29) is 12.1 Å². The van der Waals surface area contributed by atoms with E-state index < -0.39 is 0 Å². The maximum Gasteiger partial charge on any atom is 0.322 e. The molecule has 1 aromatic heterocycles. The van der Waals surface area contributed by atoms with Gasteiger partial charge in [-0.15, -0.1) is 0 Å². The average molecular weight is 368 g/mol. The van der Waals surface area contributed by atoms with Crippen molar-refractivity contribution < 1.29 is 9.59 Å². The molecule has 0 aromatic carbocycles. The second-order valence-electron chi connectivity index (χ2n) is 5.48. The number of thioether (sulfide) groups is 2. The molecule has 0 unspecified atom stereocenters. The molecule has 2 N–H and O–H groups in total. The van der Waals surface area contributed by atoms with Crippen LogP contribution in [0.5, 0.6) is 0 Å². The Morgan fingerprint density at radius 3 is 1.92 bits per heavy atom. The summed E-state index contributed by atoms with van der Waals surface area (Å²) in [7, 11) is 0. The lowest BCUT2D eigenvalue weighted by Gasteiger charge is -2.28. The standard InChI is InChI=1S/C15H21N5O2S2/c21-14(19-3-7-23-8-4-19)17-12-1-2-16-11-13(12)18-15(22)20-5-9-24-10-6-20/h1-2,11H,3-10H2,(H,18,22)(H,16,17,21). The molecule has 2 fully saturated rings. The number of carbonyl (C=O) groups excluding carboxylic acids is 2. The number of hydrogen-bond donors (Lipinski definition) is 2. The van der Waals surface area contributed by atoms with Crippen LogP contribution in [0.3, 0.4) is 0 Å². The van der Waals surface area contributed by atoms with E-state index in [1.807, 2.05) is 23.5 Å². The van der Waals surface area contributed by atoms with Crippen molar-refractivity contribution in [3.8, 4) is 0 Å². The van der Waals surface area contributed by atoms with Crippen LogP contribution in [0.25, 0.3) is 0 Å². The number of hydrogen-bond acceptors (Lipinski definition) is 5. The number of rotatable bonds is 2. The lowest BCUT2D eigenvalue weighted by Crippen LogP contribution is -2.42. The maximum absolute atomic E-state index is 12.4. The molecule has 0 atom stereocenters. The van der Waals surface area contributed by atoms with E-state index in [4.69, 9.17) is 0 Å². The monoisotopic (exact) mass is 367 g/mol. The summed E-state index contributed by atoms with van der Waals surface area (Å²) in [6, 6.07) is 1.43. The molecule has 4 amide bonds. The van der Waals surface area contributed by atoms with E-state index in [0.717, 1.165) is 49.2 Å². The number of pyridine rings is 1. The Balaban J connectivity index is 1.63. The molecule has 0 spiro atoms. The highest BCUT2D eigenvalue weighted by molar-refractivity contribution is 7.99. The van der Waals surface area contributed by atoms with Crippen LogP contribution in [-0.2, 0) is 0 Å². The summed E-state index contributed by atoms with van der Waals surface area (Å²) in [5.74, 6) is 3.83. The Morgan fingerprint density at radius 1 is 0.875 bits per heavy atom. The summed E-state index contributed by atoms with van der Waals surface area (Å²) in [4.78, 5) is 32.4. The fourth-order valence-corrected chi connectivity index (χ4v) is 4.33. The Hall–Kier alpha value is -1.61. The van der Waals surface area contributed by atoms with Crippen LogP contribution < -0.4 is 10.6 Å². The van der Waals surface area contributed by atoms with Crippen molar-refractivity contribution in [2.45, 2.75) is 0 Å². The number of anilines is 2. The van der Waals surface area contributed by atoms with Crippen molar-refractivity contribution in [1.82, 2.24) is 14.8 Å². The fraction of sp³-hybridized carbons (Fsp3) is 0.533. The van der Waals surface area contributed by atoms with Gasteiger partial charge in [0.25, 0.3) is 0 Å². The molecule has 3 heterocycles. The number of amides is 4. The molecule has 0 saturated carbocycles. The SMILES string of the molecule is O=C(Nc1ccncc1NC(=O)N1CCSCC1)N1CCSCC1. The smallest absolute Gasteiger partial charge is 0.322 e. The average Bonchev–Trinajstić information content (AvgIpc) is 2.64. The maximum atomic E-state index is 12.4. The first-order valence-electron chi connectivity index (χ1n) is 7.95. The van der Waals surface area contributed by atoms with Gasteiger partial charge in [0.15, 0.2) is 0 Å². The van der Waals surface area contributed by atoms with Crippen molar-refractivity contribution in [2.75, 3.05) is 59.8 Å². The first-order chi connectivity index (χ1) is 11.7. The van der Waals surface area contributed by atoms with Crippen molar-refractivity contribution >= 4 is 47.0 Å². The first kappa shape index (κ1) is 17.2. The van der Waals surface area contributed by atoms with Gasteiger partial charge in [-0.1, -0.05) is 0 Å². The van der Waals surface area contributed by atoms with Crippen molar-refractivity contribution in [1.29, 1.82) is 0 Å². The van der Waals surface area contributed by atoms with Gasteiger partial charge in [-0.05, 0) is 6.07 Å². The van der Waals surface area contributed by atoms with Gasteiger partial charge in [-0.2, -0.15) is 23.5 Å². The first-order valence-corrected chi connectivity index (χ1v) is 10.3. The minimum atomic E-state index is -0.145. The van der Waals surface area contributed by atoms with Crippen molar-refractivity contribution in [3.05, 3.63) is 18.5 Å². The number of urea groups is 2. The zero-order valence-corrected chi connectivity index (χ0v) is 15.0. The van der Waals surface area contributed by atoms with Gasteiger partial charge in [0.2, 0.25) is 0 Å². The van der Waals surface area contributed by atoms with Crippen LogP contribution in [0, 0.1) is 0 Å². The molecule has 0 radical (unpaired) electrons. The predicted molar refractivity (Wildman–Crippen MR) is 100 cm³/mol. The second-order valence-corrected chi connectivity index (χ2v) is 7.93. The van der Waals surface area contributed by atoms with Crippen LogP contribution in [0.2, 0.25) is 0 Å². The summed E-state index contributed by atoms with van der Waals surface area (Å²) in [6.45, 7) is 2.97. The largest absolute Gasteiger partial charge is 0.323 e. The summed E-state index contributed by atoms with van der Waals surface area (Å²) in [5.41, 5.74) is 1.11. The zero-order valence-electron chi connectivity index (χ0n) is 13.4. The highest BCUT2D eigenvalue weighted by atomic mass is 32.2. The van der Waals surface area contributed by atoms with E-state index in [0.29, 0.717) is 11.4 Å². The summed E-state index contributed by atoms with van der Waals surface area (Å²) >= 11 is 3.71. The normalized spacial score (nSPS) is 18.2. The van der Waals surface area contributed by atoms with Gasteiger partial charge < -0.3 is 20.4 Å². The van der Waals surface area contributed by atoms with E-state index in [2.05, 4.69) is 15.6 Å². The predicted octanol–water partition coefficient (Wildman–Crippen LogP) is 2.24. The molecule has 9 heteroatoms. The topological polar surface area (TPSA) is 77.6 Å². The van der Waals surface area contributed by atoms with E-state index in [9.17, 15) is 9.59 Å². The van der Waals surface area contributed by atoms with E-state index >= 15 is 0 Å². The van der Waals surface area contributed by atoms with E-state index in [1.165, 1.54) is 0 Å². The third kappa shape index (κ3) is 4.47. The van der Waals surface area contributed by atoms with Gasteiger partial charge in [0, 0.05) is 55.4 Å². The Labute approximate surface area is 149 Å². The quantitative estimate of drug-likeness (QED) is 0.838. The minimum Gasteiger partial charge on any atom is -0.323 e. The van der Waals surface area contributed by atoms with E-state index in [1.54, 1.807) is 28.3 Å². The highest BCUT2D eigenvalue weighted by Gasteiger charge is 2.20. The Morgan fingerprint density at radius 2 is 1.38 bits per heavy atom. The summed E-state index contributed by atoms with van der Waals surface area (Å²) in [6.07, 6.45) is 3.17. The molecule has 24 heavy (non-hydrogen) atoms. The van der Waals surface area contributed by atoms with Gasteiger partial charge in [-0.3, -0.25) is 4.98 Å². The van der Waals surface area contributed by atoms with Gasteiger partial charge in [-0.25, -0.2) is 9.59 Å². The second kappa shape index (κ2) is 8.48. The van der Waals surface area contributed by atoms with Crippen molar-refractivity contribution in [3.63, 3.8) is 0 Å². The third-order valence-electron chi connectivity index (χ3n) is 3.90. The molecule has 3 rings (SSSR count). The number of nitrogens with zero attached hydrogens (tertiary/aromatic N) is 3. The fourth-order valence-electron chi connectivity index (χ4n) is 2.52. The zero-order chi connectivity index (χ0) is 16.8. The van der Waals surface area contributed by atoms with Crippen LogP contribution in [-0.4, -0.2) is 76.0 Å².